The van der Waals surface area contributed by atoms with Gasteiger partial charge < -0.3 is 20.3 Å². The van der Waals surface area contributed by atoms with Crippen molar-refractivity contribution < 1.29 is 24.5 Å². The Bertz CT molecular complexity index is 1080. The molecule has 0 saturated carbocycles. The number of carbonyl (C=O) groups is 2. The molecular weight excluding hydrogens is 791 g/mol. The molecule has 0 aliphatic rings. The van der Waals surface area contributed by atoms with Crippen molar-refractivity contribution in [2.45, 2.75) is 296 Å². The van der Waals surface area contributed by atoms with Crippen LogP contribution >= 0.6 is 0 Å². The second kappa shape index (κ2) is 53.4. The highest BCUT2D eigenvalue weighted by molar-refractivity contribution is 5.76. The highest BCUT2D eigenvalue weighted by Crippen LogP contribution is 2.15. The van der Waals surface area contributed by atoms with Crippen LogP contribution in [0, 0.1) is 0 Å². The van der Waals surface area contributed by atoms with E-state index in [2.05, 4.69) is 55.6 Å². The van der Waals surface area contributed by atoms with Gasteiger partial charge in [-0.15, -0.1) is 0 Å². The van der Waals surface area contributed by atoms with Gasteiger partial charge in [0.25, 0.3) is 0 Å². The summed E-state index contributed by atoms with van der Waals surface area (Å²) in [7, 11) is 0. The van der Waals surface area contributed by atoms with E-state index in [0.717, 1.165) is 57.8 Å². The van der Waals surface area contributed by atoms with Gasteiger partial charge in [-0.1, -0.05) is 236 Å². The second-order valence-electron chi connectivity index (χ2n) is 18.9. The van der Waals surface area contributed by atoms with Gasteiger partial charge in [0, 0.05) is 12.8 Å². The molecule has 0 aromatic rings. The van der Waals surface area contributed by atoms with E-state index >= 15 is 0 Å². The molecule has 0 aliphatic carbocycles. The quantitative estimate of drug-likeness (QED) is 0.0321. The fourth-order valence-corrected chi connectivity index (χ4v) is 8.23. The number of ether oxygens (including phenoxy) is 1. The summed E-state index contributed by atoms with van der Waals surface area (Å²) in [6, 6.07) is -0.634. The van der Waals surface area contributed by atoms with Crippen molar-refractivity contribution in [1.29, 1.82) is 0 Å². The van der Waals surface area contributed by atoms with Gasteiger partial charge in [0.05, 0.1) is 25.4 Å². The molecule has 0 bridgehead atoms. The summed E-state index contributed by atoms with van der Waals surface area (Å²) < 4.78 is 5.46. The first-order valence-corrected chi connectivity index (χ1v) is 27.9. The van der Waals surface area contributed by atoms with Crippen LogP contribution in [0.5, 0.6) is 0 Å². The number of esters is 1. The van der Waals surface area contributed by atoms with E-state index in [1.165, 1.54) is 199 Å². The molecule has 6 nitrogen and oxygen atoms in total. The van der Waals surface area contributed by atoms with Crippen molar-refractivity contribution in [3.8, 4) is 0 Å². The fraction of sp³-hybridized carbons (Fsp3) is 0.828. The molecular formula is C58H107NO5. The Morgan fingerprint density at radius 1 is 0.438 bits per heavy atom. The van der Waals surface area contributed by atoms with Crippen LogP contribution < -0.4 is 5.32 Å². The molecule has 0 rings (SSSR count). The van der Waals surface area contributed by atoms with Gasteiger partial charge in [-0.05, 0) is 83.5 Å². The summed E-state index contributed by atoms with van der Waals surface area (Å²) in [5, 5.41) is 23.0. The molecule has 2 atom stereocenters. The normalized spacial score (nSPS) is 13.0. The standard InChI is InChI=1S/C58H107NO5/c1-3-5-7-9-11-13-15-17-28-32-36-40-44-48-52-58(63)64-53-49-45-41-37-33-29-25-23-21-19-18-20-22-24-27-31-35-39-43-47-51-57(62)59-55(54-60)56(61)50-46-42-38-34-30-26-16-14-12-10-8-6-4-2/h9,11,15,17-18,20,46,50,55-56,60-61H,3-8,10,12-14,16,19,21-45,47-49,51-54H2,1-2H3,(H,59,62)/b11-9-,17-15-,20-18-,50-46+. The van der Waals surface area contributed by atoms with Gasteiger partial charge in [0.2, 0.25) is 5.91 Å². The van der Waals surface area contributed by atoms with E-state index in [1.807, 2.05) is 6.08 Å². The van der Waals surface area contributed by atoms with Crippen LogP contribution in [-0.2, 0) is 14.3 Å². The summed E-state index contributed by atoms with van der Waals surface area (Å²) in [5.74, 6) is -0.0879. The average molecular weight is 898 g/mol. The molecule has 374 valence electrons. The minimum absolute atomic E-state index is 0.00986. The van der Waals surface area contributed by atoms with E-state index in [-0.39, 0.29) is 18.5 Å². The fourth-order valence-electron chi connectivity index (χ4n) is 8.23. The lowest BCUT2D eigenvalue weighted by Crippen LogP contribution is -2.45. The molecule has 0 aromatic carbocycles. The van der Waals surface area contributed by atoms with Crippen molar-refractivity contribution >= 4 is 11.9 Å². The minimum Gasteiger partial charge on any atom is -0.466 e. The molecule has 1 amide bonds. The van der Waals surface area contributed by atoms with Crippen LogP contribution in [0.1, 0.15) is 284 Å². The highest BCUT2D eigenvalue weighted by atomic mass is 16.5. The molecule has 0 fully saturated rings. The number of aliphatic hydroxyl groups excluding tert-OH is 2. The number of hydrogen-bond acceptors (Lipinski definition) is 5. The summed E-state index contributed by atoms with van der Waals surface area (Å²) in [5.41, 5.74) is 0. The third-order valence-electron chi connectivity index (χ3n) is 12.6. The maximum absolute atomic E-state index is 12.4. The summed E-state index contributed by atoms with van der Waals surface area (Å²) in [6.45, 7) is 4.84. The van der Waals surface area contributed by atoms with Crippen molar-refractivity contribution in [3.63, 3.8) is 0 Å². The maximum Gasteiger partial charge on any atom is 0.305 e. The van der Waals surface area contributed by atoms with Gasteiger partial charge in [0.15, 0.2) is 0 Å². The molecule has 64 heavy (non-hydrogen) atoms. The smallest absolute Gasteiger partial charge is 0.305 e. The van der Waals surface area contributed by atoms with E-state index in [0.29, 0.717) is 19.4 Å². The van der Waals surface area contributed by atoms with Crippen molar-refractivity contribution in [3.05, 3.63) is 48.6 Å². The minimum atomic E-state index is -0.850. The monoisotopic (exact) mass is 898 g/mol. The Kier molecular flexibility index (Phi) is 51.6. The molecule has 0 heterocycles. The van der Waals surface area contributed by atoms with Crippen molar-refractivity contribution in [1.82, 2.24) is 5.32 Å². The number of rotatable bonds is 51. The molecule has 0 spiro atoms. The number of amides is 1. The summed E-state index contributed by atoms with van der Waals surface area (Å²) >= 11 is 0. The largest absolute Gasteiger partial charge is 0.466 e. The van der Waals surface area contributed by atoms with Gasteiger partial charge in [0.1, 0.15) is 0 Å². The Morgan fingerprint density at radius 3 is 1.25 bits per heavy atom. The molecule has 3 N–H and O–H groups in total. The summed E-state index contributed by atoms with van der Waals surface area (Å²) in [4.78, 5) is 24.4. The van der Waals surface area contributed by atoms with E-state index in [1.54, 1.807) is 6.08 Å². The Balaban J connectivity index is 3.47. The van der Waals surface area contributed by atoms with Crippen LogP contribution in [0.15, 0.2) is 48.6 Å². The zero-order valence-electron chi connectivity index (χ0n) is 42.5. The molecule has 0 saturated heterocycles. The third kappa shape index (κ3) is 49.3. The average Bonchev–Trinajstić information content (AvgIpc) is 3.29. The Morgan fingerprint density at radius 2 is 0.797 bits per heavy atom. The second-order valence-corrected chi connectivity index (χ2v) is 18.9. The van der Waals surface area contributed by atoms with Crippen molar-refractivity contribution in [2.75, 3.05) is 13.2 Å². The lowest BCUT2D eigenvalue weighted by atomic mass is 10.0. The Hall–Kier alpha value is -2.18. The van der Waals surface area contributed by atoms with Gasteiger partial charge in [-0.3, -0.25) is 9.59 Å². The first-order valence-electron chi connectivity index (χ1n) is 27.9. The predicted molar refractivity (Wildman–Crippen MR) is 278 cm³/mol. The Labute approximate surface area is 397 Å². The van der Waals surface area contributed by atoms with Crippen LogP contribution in [0.2, 0.25) is 0 Å². The first-order chi connectivity index (χ1) is 31.5. The third-order valence-corrected chi connectivity index (χ3v) is 12.6. The topological polar surface area (TPSA) is 95.9 Å². The van der Waals surface area contributed by atoms with E-state index in [4.69, 9.17) is 4.74 Å². The SMILES string of the molecule is CCCC/C=C\C/C=C\CCCCCCCC(=O)OCCCCCCCCCCC/C=C\CCCCCCCCCC(=O)NC(CO)C(O)/C=C/CCCCCCCCCCCCC. The number of unbranched alkanes of at least 4 members (excludes halogenated alkanes) is 34. The van der Waals surface area contributed by atoms with E-state index in [9.17, 15) is 19.8 Å². The van der Waals surface area contributed by atoms with Crippen molar-refractivity contribution in [2.24, 2.45) is 0 Å². The lowest BCUT2D eigenvalue weighted by molar-refractivity contribution is -0.143. The van der Waals surface area contributed by atoms with Crippen LogP contribution in [-0.4, -0.2) is 47.4 Å². The molecule has 2 unspecified atom stereocenters. The van der Waals surface area contributed by atoms with Gasteiger partial charge in [-0.2, -0.15) is 0 Å². The molecule has 0 radical (unpaired) electrons. The number of allylic oxidation sites excluding steroid dienone is 7. The number of carbonyl (C=O) groups excluding carboxylic acids is 2. The lowest BCUT2D eigenvalue weighted by Gasteiger charge is -2.20. The highest BCUT2D eigenvalue weighted by Gasteiger charge is 2.18. The predicted octanol–water partition coefficient (Wildman–Crippen LogP) is 17.0. The number of hydrogen-bond donors (Lipinski definition) is 3. The molecule has 0 aromatic heterocycles. The summed E-state index contributed by atoms with van der Waals surface area (Å²) in [6.07, 6.45) is 66.9. The number of aliphatic hydroxyl groups is 2. The van der Waals surface area contributed by atoms with Crippen LogP contribution in [0.3, 0.4) is 0 Å². The van der Waals surface area contributed by atoms with E-state index < -0.39 is 12.1 Å². The molecule has 6 heteroatoms. The maximum atomic E-state index is 12.4. The number of nitrogens with one attached hydrogen (secondary N) is 1. The van der Waals surface area contributed by atoms with Gasteiger partial charge in [-0.25, -0.2) is 0 Å². The van der Waals surface area contributed by atoms with Gasteiger partial charge >= 0.3 is 5.97 Å². The van der Waals surface area contributed by atoms with Crippen LogP contribution in [0.4, 0.5) is 0 Å². The van der Waals surface area contributed by atoms with Crippen LogP contribution in [0.25, 0.3) is 0 Å². The zero-order chi connectivity index (χ0) is 46.5. The molecule has 0 aliphatic heterocycles. The first kappa shape index (κ1) is 61.8. The zero-order valence-corrected chi connectivity index (χ0v) is 42.5.